The maximum absolute atomic E-state index is 11.3. The molecule has 0 saturated carbocycles. The Bertz CT molecular complexity index is 598. The molecule has 5 nitrogen and oxygen atoms in total. The SMILES string of the molecule is CCCC(C)Nc1ccc2ncccc2c1[N+](=O)[O-]. The summed E-state index contributed by atoms with van der Waals surface area (Å²) in [5.74, 6) is 0. The van der Waals surface area contributed by atoms with Gasteiger partial charge < -0.3 is 5.32 Å². The normalized spacial score (nSPS) is 12.3. The van der Waals surface area contributed by atoms with Gasteiger partial charge in [-0.15, -0.1) is 0 Å². The van der Waals surface area contributed by atoms with Gasteiger partial charge in [0.1, 0.15) is 5.69 Å². The molecule has 1 N–H and O–H groups in total. The molecule has 0 fully saturated rings. The second-order valence-electron chi connectivity index (χ2n) is 4.62. The molecule has 0 radical (unpaired) electrons. The van der Waals surface area contributed by atoms with Crippen molar-refractivity contribution in [3.63, 3.8) is 0 Å². The summed E-state index contributed by atoms with van der Waals surface area (Å²) >= 11 is 0. The molecule has 0 saturated heterocycles. The molecule has 5 heteroatoms. The Labute approximate surface area is 111 Å². The van der Waals surface area contributed by atoms with Gasteiger partial charge in [-0.1, -0.05) is 13.3 Å². The molecule has 0 aliphatic heterocycles. The van der Waals surface area contributed by atoms with E-state index >= 15 is 0 Å². The summed E-state index contributed by atoms with van der Waals surface area (Å²) in [6.07, 6.45) is 3.65. The highest BCUT2D eigenvalue weighted by Gasteiger charge is 2.19. The maximum atomic E-state index is 11.3. The van der Waals surface area contributed by atoms with E-state index in [9.17, 15) is 10.1 Å². The molecule has 1 unspecified atom stereocenters. The van der Waals surface area contributed by atoms with Gasteiger partial charge in [0.05, 0.1) is 15.8 Å². The number of fused-ring (bicyclic) bond motifs is 1. The van der Waals surface area contributed by atoms with E-state index < -0.39 is 0 Å². The van der Waals surface area contributed by atoms with Crippen LogP contribution in [0.5, 0.6) is 0 Å². The topological polar surface area (TPSA) is 68.1 Å². The van der Waals surface area contributed by atoms with Crippen LogP contribution in [0, 0.1) is 10.1 Å². The molecule has 1 atom stereocenters. The Hall–Kier alpha value is -2.17. The number of nitrogens with zero attached hydrogens (tertiary/aromatic N) is 2. The van der Waals surface area contributed by atoms with Gasteiger partial charge in [0, 0.05) is 12.2 Å². The van der Waals surface area contributed by atoms with Crippen LogP contribution in [0.3, 0.4) is 0 Å². The number of nitrogens with one attached hydrogen (secondary N) is 1. The number of benzene rings is 1. The second-order valence-corrected chi connectivity index (χ2v) is 4.62. The zero-order valence-electron chi connectivity index (χ0n) is 11.1. The molecule has 0 amide bonds. The van der Waals surface area contributed by atoms with Crippen LogP contribution >= 0.6 is 0 Å². The number of hydrogen-bond donors (Lipinski definition) is 1. The van der Waals surface area contributed by atoms with Crippen molar-refractivity contribution in [2.75, 3.05) is 5.32 Å². The average molecular weight is 259 g/mol. The lowest BCUT2D eigenvalue weighted by Gasteiger charge is -2.15. The van der Waals surface area contributed by atoms with Crippen LogP contribution in [-0.4, -0.2) is 15.9 Å². The third-order valence-electron chi connectivity index (χ3n) is 3.06. The van der Waals surface area contributed by atoms with Crippen LogP contribution in [0.15, 0.2) is 30.5 Å². The van der Waals surface area contributed by atoms with E-state index in [4.69, 9.17) is 0 Å². The number of rotatable bonds is 5. The van der Waals surface area contributed by atoms with Gasteiger partial charge in [0.25, 0.3) is 0 Å². The summed E-state index contributed by atoms with van der Waals surface area (Å²) in [7, 11) is 0. The molecule has 100 valence electrons. The van der Waals surface area contributed by atoms with E-state index in [-0.39, 0.29) is 16.7 Å². The van der Waals surface area contributed by atoms with Gasteiger partial charge in [0.2, 0.25) is 0 Å². The lowest BCUT2D eigenvalue weighted by Crippen LogP contribution is -2.15. The van der Waals surface area contributed by atoms with Crippen LogP contribution in [0.2, 0.25) is 0 Å². The number of anilines is 1. The fraction of sp³-hybridized carbons (Fsp3) is 0.357. The van der Waals surface area contributed by atoms with E-state index in [1.165, 1.54) is 0 Å². The van der Waals surface area contributed by atoms with Crippen molar-refractivity contribution in [2.24, 2.45) is 0 Å². The van der Waals surface area contributed by atoms with Crippen molar-refractivity contribution in [1.82, 2.24) is 4.98 Å². The quantitative estimate of drug-likeness (QED) is 0.656. The number of nitro groups is 1. The van der Waals surface area contributed by atoms with Crippen molar-refractivity contribution < 1.29 is 4.92 Å². The fourth-order valence-corrected chi connectivity index (χ4v) is 2.22. The largest absolute Gasteiger partial charge is 0.377 e. The van der Waals surface area contributed by atoms with E-state index in [0.717, 1.165) is 12.8 Å². The minimum Gasteiger partial charge on any atom is -0.377 e. The molecule has 1 aromatic carbocycles. The Kier molecular flexibility index (Phi) is 3.94. The summed E-state index contributed by atoms with van der Waals surface area (Å²) in [5, 5.41) is 15.1. The Morgan fingerprint density at radius 1 is 1.42 bits per heavy atom. The second kappa shape index (κ2) is 5.65. The lowest BCUT2D eigenvalue weighted by molar-refractivity contribution is -0.382. The lowest BCUT2D eigenvalue weighted by atomic mass is 10.1. The summed E-state index contributed by atoms with van der Waals surface area (Å²) in [6.45, 7) is 4.12. The fourth-order valence-electron chi connectivity index (χ4n) is 2.22. The number of nitro benzene ring substituents is 1. The van der Waals surface area contributed by atoms with Crippen LogP contribution in [-0.2, 0) is 0 Å². The first kappa shape index (κ1) is 13.3. The summed E-state index contributed by atoms with van der Waals surface area (Å²) in [4.78, 5) is 15.1. The highest BCUT2D eigenvalue weighted by atomic mass is 16.6. The molecular formula is C14H17N3O2. The maximum Gasteiger partial charge on any atom is 0.301 e. The van der Waals surface area contributed by atoms with Crippen LogP contribution < -0.4 is 5.32 Å². The Morgan fingerprint density at radius 2 is 2.21 bits per heavy atom. The van der Waals surface area contributed by atoms with Crippen molar-refractivity contribution in [3.05, 3.63) is 40.6 Å². The molecular weight excluding hydrogens is 242 g/mol. The zero-order chi connectivity index (χ0) is 13.8. The third-order valence-corrected chi connectivity index (χ3v) is 3.06. The van der Waals surface area contributed by atoms with Gasteiger partial charge >= 0.3 is 5.69 Å². The zero-order valence-corrected chi connectivity index (χ0v) is 11.1. The van der Waals surface area contributed by atoms with Crippen molar-refractivity contribution in [1.29, 1.82) is 0 Å². The monoisotopic (exact) mass is 259 g/mol. The molecule has 19 heavy (non-hydrogen) atoms. The summed E-state index contributed by atoms with van der Waals surface area (Å²) < 4.78 is 0. The smallest absolute Gasteiger partial charge is 0.301 e. The van der Waals surface area contributed by atoms with Crippen molar-refractivity contribution in [2.45, 2.75) is 32.7 Å². The molecule has 0 aliphatic rings. The van der Waals surface area contributed by atoms with Gasteiger partial charge in [-0.2, -0.15) is 0 Å². The molecule has 0 aliphatic carbocycles. The van der Waals surface area contributed by atoms with Gasteiger partial charge in [-0.05, 0) is 37.6 Å². The van der Waals surface area contributed by atoms with Crippen molar-refractivity contribution >= 4 is 22.3 Å². The predicted octanol–water partition coefficient (Wildman–Crippen LogP) is 3.74. The summed E-state index contributed by atoms with van der Waals surface area (Å²) in [5.41, 5.74) is 1.31. The molecule has 0 bridgehead atoms. The van der Waals surface area contributed by atoms with Gasteiger partial charge in [-0.25, -0.2) is 0 Å². The average Bonchev–Trinajstić information content (AvgIpc) is 2.38. The standard InChI is InChI=1S/C14H17N3O2/c1-3-5-10(2)16-13-8-7-12-11(6-4-9-15-12)14(13)17(18)19/h4,6-10,16H,3,5H2,1-2H3. The van der Waals surface area contributed by atoms with Gasteiger partial charge in [-0.3, -0.25) is 15.1 Å². The highest BCUT2D eigenvalue weighted by molar-refractivity contribution is 5.94. The molecule has 2 rings (SSSR count). The van der Waals surface area contributed by atoms with Crippen LogP contribution in [0.25, 0.3) is 10.9 Å². The van der Waals surface area contributed by atoms with E-state index in [0.29, 0.717) is 16.6 Å². The summed E-state index contributed by atoms with van der Waals surface area (Å²) in [6, 6.07) is 7.20. The van der Waals surface area contributed by atoms with Crippen LogP contribution in [0.1, 0.15) is 26.7 Å². The minimum atomic E-state index is -0.342. The molecule has 2 aromatic rings. The number of aromatic nitrogens is 1. The molecule has 1 heterocycles. The first-order valence-electron chi connectivity index (χ1n) is 6.42. The Balaban J connectivity index is 2.49. The molecule has 1 aromatic heterocycles. The minimum absolute atomic E-state index is 0.105. The van der Waals surface area contributed by atoms with E-state index in [1.807, 2.05) is 13.0 Å². The van der Waals surface area contributed by atoms with Gasteiger partial charge in [0.15, 0.2) is 0 Å². The first-order valence-corrected chi connectivity index (χ1v) is 6.42. The van der Waals surface area contributed by atoms with Crippen molar-refractivity contribution in [3.8, 4) is 0 Å². The highest BCUT2D eigenvalue weighted by Crippen LogP contribution is 2.33. The Morgan fingerprint density at radius 3 is 2.89 bits per heavy atom. The number of pyridine rings is 1. The predicted molar refractivity (Wildman–Crippen MR) is 76.4 cm³/mol. The first-order chi connectivity index (χ1) is 9.13. The number of hydrogen-bond acceptors (Lipinski definition) is 4. The van der Waals surface area contributed by atoms with E-state index in [2.05, 4.69) is 17.2 Å². The van der Waals surface area contributed by atoms with E-state index in [1.54, 1.807) is 24.4 Å². The molecule has 0 spiro atoms. The third kappa shape index (κ3) is 2.81. The van der Waals surface area contributed by atoms with Crippen LogP contribution in [0.4, 0.5) is 11.4 Å².